The van der Waals surface area contributed by atoms with Gasteiger partial charge in [-0.3, -0.25) is 9.59 Å². The van der Waals surface area contributed by atoms with Crippen LogP contribution in [-0.2, 0) is 11.3 Å². The Morgan fingerprint density at radius 2 is 1.64 bits per heavy atom. The van der Waals surface area contributed by atoms with Crippen LogP contribution in [0.5, 0.6) is 11.5 Å². The smallest absolute Gasteiger partial charge is 0.251 e. The molecule has 2 aliphatic rings. The molecule has 2 aromatic rings. The number of ether oxygens (including phenoxy) is 3. The maximum absolute atomic E-state index is 12.3. The van der Waals surface area contributed by atoms with E-state index in [0.717, 1.165) is 25.0 Å². The molecule has 28 heavy (non-hydrogen) atoms. The normalized spacial score (nSPS) is 17.4. The lowest BCUT2D eigenvalue weighted by Gasteiger charge is -2.11. The predicted molar refractivity (Wildman–Crippen MR) is 101 cm³/mol. The summed E-state index contributed by atoms with van der Waals surface area (Å²) in [5.74, 6) is 1.03. The minimum atomic E-state index is -0.205. The van der Waals surface area contributed by atoms with E-state index in [-0.39, 0.29) is 24.7 Å². The third-order valence-electron chi connectivity index (χ3n) is 4.81. The molecule has 2 aliphatic heterocycles. The van der Waals surface area contributed by atoms with Gasteiger partial charge in [0, 0.05) is 30.8 Å². The molecule has 0 bridgehead atoms. The van der Waals surface area contributed by atoms with Crippen molar-refractivity contribution >= 4 is 11.8 Å². The Balaban J connectivity index is 1.29. The molecule has 0 spiro atoms. The summed E-state index contributed by atoms with van der Waals surface area (Å²) in [4.78, 5) is 24.5. The molecule has 0 aliphatic carbocycles. The first-order chi connectivity index (χ1) is 13.7. The van der Waals surface area contributed by atoms with Crippen molar-refractivity contribution < 1.29 is 23.8 Å². The van der Waals surface area contributed by atoms with Gasteiger partial charge in [-0.05, 0) is 54.8 Å². The number of hydrogen-bond acceptors (Lipinski definition) is 5. The first-order valence-electron chi connectivity index (χ1n) is 9.35. The maximum atomic E-state index is 12.3. The summed E-state index contributed by atoms with van der Waals surface area (Å²) in [6.07, 6.45) is 2.12. The molecule has 1 fully saturated rings. The zero-order valence-electron chi connectivity index (χ0n) is 15.4. The van der Waals surface area contributed by atoms with Crippen molar-refractivity contribution in [3.05, 3.63) is 59.2 Å². The Bertz CT molecular complexity index is 860. The molecule has 0 saturated carbocycles. The quantitative estimate of drug-likeness (QED) is 0.800. The molecule has 2 amide bonds. The van der Waals surface area contributed by atoms with E-state index in [9.17, 15) is 9.59 Å². The van der Waals surface area contributed by atoms with Gasteiger partial charge in [0.05, 0.1) is 6.10 Å². The summed E-state index contributed by atoms with van der Waals surface area (Å²) in [6.45, 7) is 1.87. The van der Waals surface area contributed by atoms with Crippen LogP contribution in [0.25, 0.3) is 0 Å². The summed E-state index contributed by atoms with van der Waals surface area (Å²) >= 11 is 0. The maximum Gasteiger partial charge on any atom is 0.251 e. The van der Waals surface area contributed by atoms with Crippen molar-refractivity contribution in [2.24, 2.45) is 0 Å². The fraction of sp³-hybridized carbons (Fsp3) is 0.333. The molecule has 7 nitrogen and oxygen atoms in total. The monoisotopic (exact) mass is 382 g/mol. The minimum Gasteiger partial charge on any atom is -0.454 e. The molecule has 7 heteroatoms. The molecule has 0 aromatic heterocycles. The molecule has 146 valence electrons. The van der Waals surface area contributed by atoms with Crippen LogP contribution < -0.4 is 20.1 Å². The molecule has 1 atom stereocenters. The van der Waals surface area contributed by atoms with Crippen molar-refractivity contribution in [2.45, 2.75) is 25.5 Å². The van der Waals surface area contributed by atoms with Crippen LogP contribution in [0.4, 0.5) is 0 Å². The van der Waals surface area contributed by atoms with Crippen LogP contribution in [-0.4, -0.2) is 37.9 Å². The van der Waals surface area contributed by atoms with E-state index in [1.54, 1.807) is 24.3 Å². The number of carbonyl (C=O) groups is 2. The van der Waals surface area contributed by atoms with Crippen LogP contribution in [0.2, 0.25) is 0 Å². The van der Waals surface area contributed by atoms with Crippen molar-refractivity contribution in [1.82, 2.24) is 10.6 Å². The van der Waals surface area contributed by atoms with E-state index in [1.807, 2.05) is 18.2 Å². The molecular formula is C21H22N2O5. The number of amides is 2. The van der Waals surface area contributed by atoms with Crippen LogP contribution >= 0.6 is 0 Å². The summed E-state index contributed by atoms with van der Waals surface area (Å²) in [5.41, 5.74) is 1.93. The third-order valence-corrected chi connectivity index (χ3v) is 4.81. The molecule has 1 unspecified atom stereocenters. The number of rotatable bonds is 6. The van der Waals surface area contributed by atoms with Crippen LogP contribution in [0, 0.1) is 0 Å². The lowest BCUT2D eigenvalue weighted by molar-refractivity contribution is 0.0857. The fourth-order valence-electron chi connectivity index (χ4n) is 3.22. The Kier molecular flexibility index (Phi) is 5.43. The van der Waals surface area contributed by atoms with Crippen molar-refractivity contribution in [2.75, 3.05) is 19.9 Å². The number of hydrogen-bond donors (Lipinski definition) is 2. The molecular weight excluding hydrogens is 360 g/mol. The second-order valence-corrected chi connectivity index (χ2v) is 6.79. The third kappa shape index (κ3) is 4.26. The Morgan fingerprint density at radius 3 is 2.36 bits per heavy atom. The second kappa shape index (κ2) is 8.31. The van der Waals surface area contributed by atoms with Gasteiger partial charge in [0.2, 0.25) is 6.79 Å². The number of fused-ring (bicyclic) bond motifs is 1. The lowest BCUT2D eigenvalue weighted by Crippen LogP contribution is -2.31. The van der Waals surface area contributed by atoms with E-state index in [2.05, 4.69) is 10.6 Å². The highest BCUT2D eigenvalue weighted by Crippen LogP contribution is 2.32. The molecule has 2 N–H and O–H groups in total. The zero-order chi connectivity index (χ0) is 19.3. The van der Waals surface area contributed by atoms with Gasteiger partial charge in [-0.1, -0.05) is 6.07 Å². The topological polar surface area (TPSA) is 85.9 Å². The van der Waals surface area contributed by atoms with Gasteiger partial charge in [-0.2, -0.15) is 0 Å². The van der Waals surface area contributed by atoms with Crippen molar-refractivity contribution in [3.8, 4) is 11.5 Å². The van der Waals surface area contributed by atoms with Gasteiger partial charge >= 0.3 is 0 Å². The first-order valence-corrected chi connectivity index (χ1v) is 9.35. The Hall–Kier alpha value is -3.06. The molecule has 0 radical (unpaired) electrons. The largest absolute Gasteiger partial charge is 0.454 e. The van der Waals surface area contributed by atoms with E-state index in [1.165, 1.54) is 0 Å². The average Bonchev–Trinajstić information content (AvgIpc) is 3.41. The first kappa shape index (κ1) is 18.3. The number of carbonyl (C=O) groups excluding carboxylic acids is 2. The number of benzene rings is 2. The van der Waals surface area contributed by atoms with Gasteiger partial charge in [0.15, 0.2) is 11.5 Å². The fourth-order valence-corrected chi connectivity index (χ4v) is 3.22. The van der Waals surface area contributed by atoms with Crippen molar-refractivity contribution in [1.29, 1.82) is 0 Å². The van der Waals surface area contributed by atoms with E-state index in [0.29, 0.717) is 35.7 Å². The van der Waals surface area contributed by atoms with Crippen LogP contribution in [0.1, 0.15) is 39.1 Å². The second-order valence-electron chi connectivity index (χ2n) is 6.79. The standard InChI is InChI=1S/C21H22N2O5/c24-20(22-11-14-3-8-18-19(10-14)28-13-27-18)15-4-6-16(7-5-15)21(25)23-12-17-2-1-9-26-17/h3-8,10,17H,1-2,9,11-13H2,(H,22,24)(H,23,25). The zero-order valence-corrected chi connectivity index (χ0v) is 15.4. The van der Waals surface area contributed by atoms with E-state index >= 15 is 0 Å². The minimum absolute atomic E-state index is 0.102. The predicted octanol–water partition coefficient (Wildman–Crippen LogP) is 2.25. The molecule has 1 saturated heterocycles. The Labute approximate surface area is 163 Å². The Morgan fingerprint density at radius 1 is 0.929 bits per heavy atom. The van der Waals surface area contributed by atoms with Gasteiger partial charge in [0.25, 0.3) is 11.8 Å². The summed E-state index contributed by atoms with van der Waals surface area (Å²) in [6, 6.07) is 12.2. The summed E-state index contributed by atoms with van der Waals surface area (Å²) in [7, 11) is 0. The highest BCUT2D eigenvalue weighted by atomic mass is 16.7. The summed E-state index contributed by atoms with van der Waals surface area (Å²) < 4.78 is 16.1. The van der Waals surface area contributed by atoms with E-state index in [4.69, 9.17) is 14.2 Å². The highest BCUT2D eigenvalue weighted by molar-refractivity contribution is 5.97. The number of nitrogens with one attached hydrogen (secondary N) is 2. The lowest BCUT2D eigenvalue weighted by atomic mass is 10.1. The van der Waals surface area contributed by atoms with E-state index < -0.39 is 0 Å². The van der Waals surface area contributed by atoms with Gasteiger partial charge in [-0.15, -0.1) is 0 Å². The van der Waals surface area contributed by atoms with Gasteiger partial charge in [0.1, 0.15) is 0 Å². The van der Waals surface area contributed by atoms with Crippen molar-refractivity contribution in [3.63, 3.8) is 0 Å². The highest BCUT2D eigenvalue weighted by Gasteiger charge is 2.17. The van der Waals surface area contributed by atoms with Crippen LogP contribution in [0.3, 0.4) is 0 Å². The average molecular weight is 382 g/mol. The molecule has 4 rings (SSSR count). The van der Waals surface area contributed by atoms with Gasteiger partial charge < -0.3 is 24.8 Å². The molecule has 2 heterocycles. The van der Waals surface area contributed by atoms with Gasteiger partial charge in [-0.25, -0.2) is 0 Å². The SMILES string of the molecule is O=C(NCc1ccc2c(c1)OCO2)c1ccc(C(=O)NCC2CCCO2)cc1. The summed E-state index contributed by atoms with van der Waals surface area (Å²) in [5, 5.41) is 5.74. The van der Waals surface area contributed by atoms with Crippen LogP contribution in [0.15, 0.2) is 42.5 Å². The molecule has 2 aromatic carbocycles.